The molecule has 1 saturated heterocycles. The van der Waals surface area contributed by atoms with E-state index in [9.17, 15) is 4.79 Å². The molecule has 1 amide bonds. The van der Waals surface area contributed by atoms with Crippen molar-refractivity contribution in [3.8, 4) is 0 Å². The highest BCUT2D eigenvalue weighted by Gasteiger charge is 2.39. The van der Waals surface area contributed by atoms with Crippen molar-refractivity contribution in [3.63, 3.8) is 0 Å². The monoisotopic (exact) mass is 276 g/mol. The topological polar surface area (TPSA) is 50.4 Å². The molecule has 0 aromatic heterocycles. The van der Waals surface area contributed by atoms with Gasteiger partial charge in [-0.15, -0.1) is 0 Å². The fourth-order valence-corrected chi connectivity index (χ4v) is 2.83. The molecule has 0 spiro atoms. The highest BCUT2D eigenvalue weighted by Crippen LogP contribution is 2.31. The third-order valence-corrected chi connectivity index (χ3v) is 4.09. The summed E-state index contributed by atoms with van der Waals surface area (Å²) in [6.07, 6.45) is 1.63. The average molecular weight is 276 g/mol. The summed E-state index contributed by atoms with van der Waals surface area (Å²) in [4.78, 5) is 12.7. The molecule has 1 aromatic rings. The Morgan fingerprint density at radius 1 is 1.35 bits per heavy atom. The van der Waals surface area contributed by atoms with Gasteiger partial charge < -0.3 is 15.4 Å². The molecule has 20 heavy (non-hydrogen) atoms. The first-order valence-electron chi connectivity index (χ1n) is 7.16. The average Bonchev–Trinajstić information content (AvgIpc) is 2.43. The number of hydrogen-bond donors (Lipinski definition) is 2. The summed E-state index contributed by atoms with van der Waals surface area (Å²) < 4.78 is 5.30. The SMILES string of the molecule is COCC1(C(=O)Nc2ccc(C)cc2C)CCNCC1. The van der Waals surface area contributed by atoms with Gasteiger partial charge in [0.25, 0.3) is 0 Å². The lowest BCUT2D eigenvalue weighted by molar-refractivity contribution is -0.130. The van der Waals surface area contributed by atoms with E-state index in [0.717, 1.165) is 37.2 Å². The summed E-state index contributed by atoms with van der Waals surface area (Å²) in [6, 6.07) is 6.08. The molecule has 0 aliphatic carbocycles. The van der Waals surface area contributed by atoms with Gasteiger partial charge in [-0.1, -0.05) is 17.7 Å². The van der Waals surface area contributed by atoms with E-state index in [2.05, 4.69) is 23.6 Å². The maximum Gasteiger partial charge on any atom is 0.233 e. The number of rotatable bonds is 4. The second-order valence-corrected chi connectivity index (χ2v) is 5.74. The molecule has 4 nitrogen and oxygen atoms in total. The number of nitrogens with one attached hydrogen (secondary N) is 2. The molecule has 1 heterocycles. The Kier molecular flexibility index (Phi) is 4.78. The summed E-state index contributed by atoms with van der Waals surface area (Å²) in [6.45, 7) is 6.28. The first-order chi connectivity index (χ1) is 9.57. The molecule has 0 atom stereocenters. The maximum atomic E-state index is 12.7. The van der Waals surface area contributed by atoms with Crippen molar-refractivity contribution < 1.29 is 9.53 Å². The van der Waals surface area contributed by atoms with Crippen molar-refractivity contribution in [2.75, 3.05) is 32.1 Å². The molecule has 1 aliphatic rings. The molecule has 0 unspecified atom stereocenters. The predicted octanol–water partition coefficient (Wildman–Crippen LogP) is 2.26. The molecule has 110 valence electrons. The van der Waals surface area contributed by atoms with Gasteiger partial charge in [-0.25, -0.2) is 0 Å². The Bertz CT molecular complexity index is 474. The number of hydrogen-bond acceptors (Lipinski definition) is 3. The number of carbonyl (C=O) groups excluding carboxylic acids is 1. The number of carbonyl (C=O) groups is 1. The van der Waals surface area contributed by atoms with E-state index < -0.39 is 5.41 Å². The lowest BCUT2D eigenvalue weighted by Gasteiger charge is -2.35. The molecule has 0 radical (unpaired) electrons. The number of methoxy groups -OCH3 is 1. The van der Waals surface area contributed by atoms with Crippen LogP contribution in [0.15, 0.2) is 18.2 Å². The van der Waals surface area contributed by atoms with Crippen LogP contribution in [0.3, 0.4) is 0 Å². The zero-order valence-corrected chi connectivity index (χ0v) is 12.6. The molecule has 2 N–H and O–H groups in total. The largest absolute Gasteiger partial charge is 0.384 e. The van der Waals surface area contributed by atoms with Crippen molar-refractivity contribution >= 4 is 11.6 Å². The van der Waals surface area contributed by atoms with Crippen molar-refractivity contribution in [3.05, 3.63) is 29.3 Å². The first-order valence-corrected chi connectivity index (χ1v) is 7.16. The van der Waals surface area contributed by atoms with Crippen molar-refractivity contribution in [1.82, 2.24) is 5.32 Å². The zero-order valence-electron chi connectivity index (χ0n) is 12.6. The van der Waals surface area contributed by atoms with Crippen LogP contribution >= 0.6 is 0 Å². The number of benzene rings is 1. The van der Waals surface area contributed by atoms with Gasteiger partial charge in [-0.3, -0.25) is 4.79 Å². The highest BCUT2D eigenvalue weighted by molar-refractivity contribution is 5.96. The molecular formula is C16H24N2O2. The third-order valence-electron chi connectivity index (χ3n) is 4.09. The van der Waals surface area contributed by atoms with Gasteiger partial charge in [-0.05, 0) is 51.4 Å². The second-order valence-electron chi connectivity index (χ2n) is 5.74. The number of anilines is 1. The van der Waals surface area contributed by atoms with Crippen LogP contribution in [0.5, 0.6) is 0 Å². The van der Waals surface area contributed by atoms with Gasteiger partial charge in [0.05, 0.1) is 12.0 Å². The number of ether oxygens (including phenoxy) is 1. The van der Waals surface area contributed by atoms with Crippen molar-refractivity contribution in [2.45, 2.75) is 26.7 Å². The normalized spacial score (nSPS) is 17.8. The van der Waals surface area contributed by atoms with E-state index in [1.807, 2.05) is 19.1 Å². The summed E-state index contributed by atoms with van der Waals surface area (Å²) in [5.74, 6) is 0.0767. The van der Waals surface area contributed by atoms with Crippen LogP contribution < -0.4 is 10.6 Å². The van der Waals surface area contributed by atoms with Gasteiger partial charge in [0, 0.05) is 12.8 Å². The lowest BCUT2D eigenvalue weighted by atomic mass is 9.78. The fourth-order valence-electron chi connectivity index (χ4n) is 2.83. The molecule has 1 fully saturated rings. The minimum Gasteiger partial charge on any atom is -0.384 e. The first kappa shape index (κ1) is 15.0. The van der Waals surface area contributed by atoms with Crippen LogP contribution in [0.25, 0.3) is 0 Å². The minimum absolute atomic E-state index is 0.0767. The van der Waals surface area contributed by atoms with Crippen LogP contribution in [0.1, 0.15) is 24.0 Å². The summed E-state index contributed by atoms with van der Waals surface area (Å²) in [5.41, 5.74) is 2.79. The quantitative estimate of drug-likeness (QED) is 0.887. The van der Waals surface area contributed by atoms with Crippen LogP contribution in [0, 0.1) is 19.3 Å². The Hall–Kier alpha value is -1.39. The van der Waals surface area contributed by atoms with E-state index in [1.54, 1.807) is 7.11 Å². The van der Waals surface area contributed by atoms with Gasteiger partial charge in [0.15, 0.2) is 0 Å². The van der Waals surface area contributed by atoms with E-state index >= 15 is 0 Å². The summed E-state index contributed by atoms with van der Waals surface area (Å²) in [7, 11) is 1.66. The van der Waals surface area contributed by atoms with E-state index in [-0.39, 0.29) is 5.91 Å². The van der Waals surface area contributed by atoms with Gasteiger partial charge in [0.2, 0.25) is 5.91 Å². The number of piperidine rings is 1. The van der Waals surface area contributed by atoms with Crippen molar-refractivity contribution in [2.24, 2.45) is 5.41 Å². The Morgan fingerprint density at radius 3 is 2.65 bits per heavy atom. The minimum atomic E-state index is -0.405. The highest BCUT2D eigenvalue weighted by atomic mass is 16.5. The van der Waals surface area contributed by atoms with Gasteiger partial charge >= 0.3 is 0 Å². The lowest BCUT2D eigenvalue weighted by Crippen LogP contribution is -2.47. The smallest absolute Gasteiger partial charge is 0.233 e. The van der Waals surface area contributed by atoms with Gasteiger partial charge in [-0.2, -0.15) is 0 Å². The van der Waals surface area contributed by atoms with E-state index in [0.29, 0.717) is 6.61 Å². The van der Waals surface area contributed by atoms with Crippen LogP contribution in [-0.4, -0.2) is 32.7 Å². The Morgan fingerprint density at radius 2 is 2.05 bits per heavy atom. The summed E-state index contributed by atoms with van der Waals surface area (Å²) >= 11 is 0. The summed E-state index contributed by atoms with van der Waals surface area (Å²) in [5, 5.41) is 6.39. The molecule has 2 rings (SSSR count). The van der Waals surface area contributed by atoms with Crippen LogP contribution in [0.2, 0.25) is 0 Å². The molecule has 0 saturated carbocycles. The number of aryl methyl sites for hydroxylation is 2. The van der Waals surface area contributed by atoms with Crippen molar-refractivity contribution in [1.29, 1.82) is 0 Å². The predicted molar refractivity (Wildman–Crippen MR) is 81.0 cm³/mol. The molecule has 1 aromatic carbocycles. The Labute approximate surface area is 120 Å². The second kappa shape index (κ2) is 6.37. The van der Waals surface area contributed by atoms with E-state index in [1.165, 1.54) is 5.56 Å². The molecule has 4 heteroatoms. The van der Waals surface area contributed by atoms with Gasteiger partial charge in [0.1, 0.15) is 0 Å². The molecule has 0 bridgehead atoms. The molecular weight excluding hydrogens is 252 g/mol. The number of amides is 1. The van der Waals surface area contributed by atoms with Crippen LogP contribution in [-0.2, 0) is 9.53 Å². The standard InChI is InChI=1S/C16H24N2O2/c1-12-4-5-14(13(2)10-12)18-15(19)16(11-20-3)6-8-17-9-7-16/h4-5,10,17H,6-9,11H2,1-3H3,(H,18,19). The zero-order chi connectivity index (χ0) is 14.6. The Balaban J connectivity index is 2.15. The van der Waals surface area contributed by atoms with Crippen LogP contribution in [0.4, 0.5) is 5.69 Å². The van der Waals surface area contributed by atoms with E-state index in [4.69, 9.17) is 4.74 Å². The third kappa shape index (κ3) is 3.19. The fraction of sp³-hybridized carbons (Fsp3) is 0.562. The maximum absolute atomic E-state index is 12.7. The molecule has 1 aliphatic heterocycles.